The molecule has 0 saturated carbocycles. The number of carbonyl (C=O) groups excluding carboxylic acids is 1. The van der Waals surface area contributed by atoms with Crippen LogP contribution in [0, 0.1) is 0 Å². The van der Waals surface area contributed by atoms with Gasteiger partial charge in [0.1, 0.15) is 18.5 Å². The van der Waals surface area contributed by atoms with Crippen LogP contribution in [-0.2, 0) is 0 Å². The largest absolute Gasteiger partial charge is 0.413 e. The summed E-state index contributed by atoms with van der Waals surface area (Å²) in [6.45, 7) is 2.45. The number of primary amides is 1. The monoisotopic (exact) mass is 205 g/mol. The molecule has 1 amide bonds. The fourth-order valence-electron chi connectivity index (χ4n) is 1.39. The van der Waals surface area contributed by atoms with Gasteiger partial charge in [-0.15, -0.1) is 0 Å². The summed E-state index contributed by atoms with van der Waals surface area (Å²) in [4.78, 5) is 20.3. The Balaban J connectivity index is 2.51. The molecule has 78 valence electrons. The first-order valence-corrected chi connectivity index (χ1v) is 4.62. The van der Waals surface area contributed by atoms with Crippen LogP contribution >= 0.6 is 0 Å². The third-order valence-electron chi connectivity index (χ3n) is 2.07. The summed E-state index contributed by atoms with van der Waals surface area (Å²) < 4.78 is 1.57. The van der Waals surface area contributed by atoms with Crippen LogP contribution in [0.25, 0.3) is 11.0 Å². The van der Waals surface area contributed by atoms with Crippen LogP contribution in [-0.4, -0.2) is 22.2 Å². The number of nitrogens with two attached hydrogens (primary N) is 1. The molecule has 0 aliphatic rings. The molecule has 0 aliphatic carbocycles. The van der Waals surface area contributed by atoms with Crippen LogP contribution in [0.5, 0.6) is 0 Å². The second kappa shape index (κ2) is 3.61. The van der Waals surface area contributed by atoms with Crippen molar-refractivity contribution < 1.29 is 9.63 Å². The number of hydrogen-bond acceptors (Lipinski definition) is 3. The zero-order valence-electron chi connectivity index (χ0n) is 8.30. The Morgan fingerprint density at radius 3 is 3.07 bits per heavy atom. The molecule has 0 atom stereocenters. The predicted octanol–water partition coefficient (Wildman–Crippen LogP) is 0.584. The van der Waals surface area contributed by atoms with E-state index in [0.717, 1.165) is 5.52 Å². The van der Waals surface area contributed by atoms with E-state index >= 15 is 0 Å². The smallest absolute Gasteiger partial charge is 0.248 e. The zero-order chi connectivity index (χ0) is 10.8. The third-order valence-corrected chi connectivity index (χ3v) is 2.07. The number of aromatic nitrogens is 2. The Kier molecular flexibility index (Phi) is 2.29. The van der Waals surface area contributed by atoms with E-state index in [0.29, 0.717) is 17.7 Å². The second-order valence-electron chi connectivity index (χ2n) is 3.06. The molecule has 0 radical (unpaired) electrons. The van der Waals surface area contributed by atoms with Crippen LogP contribution in [0.3, 0.4) is 0 Å². The van der Waals surface area contributed by atoms with E-state index in [1.54, 1.807) is 29.3 Å². The maximum absolute atomic E-state index is 10.9. The lowest BCUT2D eigenvalue weighted by Gasteiger charge is -2.03. The van der Waals surface area contributed by atoms with Crippen molar-refractivity contribution in [1.82, 2.24) is 9.71 Å². The van der Waals surface area contributed by atoms with E-state index in [1.807, 2.05) is 6.92 Å². The molecule has 2 N–H and O–H groups in total. The molecule has 5 nitrogen and oxygen atoms in total. The van der Waals surface area contributed by atoms with Gasteiger partial charge in [-0.05, 0) is 25.1 Å². The molecule has 5 heteroatoms. The number of imidazole rings is 1. The van der Waals surface area contributed by atoms with E-state index in [9.17, 15) is 4.79 Å². The second-order valence-corrected chi connectivity index (χ2v) is 3.06. The quantitative estimate of drug-likeness (QED) is 0.796. The molecule has 1 aromatic heterocycles. The molecule has 0 fully saturated rings. The molecule has 0 saturated heterocycles. The maximum Gasteiger partial charge on any atom is 0.248 e. The number of fused-ring (bicyclic) bond motifs is 1. The Bertz CT molecular complexity index is 504. The molecule has 0 unspecified atom stereocenters. The molecular weight excluding hydrogens is 194 g/mol. The van der Waals surface area contributed by atoms with E-state index in [4.69, 9.17) is 10.6 Å². The van der Waals surface area contributed by atoms with Gasteiger partial charge in [-0.2, -0.15) is 4.73 Å². The van der Waals surface area contributed by atoms with Gasteiger partial charge < -0.3 is 10.6 Å². The van der Waals surface area contributed by atoms with Gasteiger partial charge in [-0.25, -0.2) is 4.98 Å². The van der Waals surface area contributed by atoms with Gasteiger partial charge in [-0.1, -0.05) is 0 Å². The molecule has 1 heterocycles. The highest BCUT2D eigenvalue weighted by Crippen LogP contribution is 2.13. The molecule has 15 heavy (non-hydrogen) atoms. The fourth-order valence-corrected chi connectivity index (χ4v) is 1.39. The number of carbonyl (C=O) groups is 1. The van der Waals surface area contributed by atoms with Crippen molar-refractivity contribution in [1.29, 1.82) is 0 Å². The number of amides is 1. The van der Waals surface area contributed by atoms with E-state index < -0.39 is 5.91 Å². The van der Waals surface area contributed by atoms with Crippen molar-refractivity contribution >= 4 is 16.9 Å². The van der Waals surface area contributed by atoms with Crippen LogP contribution in [0.2, 0.25) is 0 Å². The molecule has 2 aromatic rings. The van der Waals surface area contributed by atoms with Gasteiger partial charge in [0.2, 0.25) is 5.91 Å². The van der Waals surface area contributed by atoms with Crippen molar-refractivity contribution in [2.24, 2.45) is 5.73 Å². The van der Waals surface area contributed by atoms with Crippen LogP contribution in [0.15, 0.2) is 24.5 Å². The van der Waals surface area contributed by atoms with Crippen molar-refractivity contribution in [3.05, 3.63) is 30.1 Å². The average molecular weight is 205 g/mol. The first-order valence-electron chi connectivity index (χ1n) is 4.62. The highest BCUT2D eigenvalue weighted by atomic mass is 16.7. The Morgan fingerprint density at radius 1 is 1.60 bits per heavy atom. The minimum Gasteiger partial charge on any atom is -0.413 e. The van der Waals surface area contributed by atoms with Crippen molar-refractivity contribution in [3.8, 4) is 0 Å². The van der Waals surface area contributed by atoms with Crippen molar-refractivity contribution in [3.63, 3.8) is 0 Å². The average Bonchev–Trinajstić information content (AvgIpc) is 2.61. The molecular formula is C10H11N3O2. The van der Waals surface area contributed by atoms with Gasteiger partial charge in [0.25, 0.3) is 0 Å². The van der Waals surface area contributed by atoms with E-state index in [1.165, 1.54) is 0 Å². The SMILES string of the molecule is CCOn1cnc2cc(C(N)=O)ccc21. The van der Waals surface area contributed by atoms with Crippen molar-refractivity contribution in [2.75, 3.05) is 6.61 Å². The highest BCUT2D eigenvalue weighted by Gasteiger charge is 2.06. The van der Waals surface area contributed by atoms with E-state index in [2.05, 4.69) is 4.98 Å². The van der Waals surface area contributed by atoms with Crippen molar-refractivity contribution in [2.45, 2.75) is 6.92 Å². The minimum absolute atomic E-state index is 0.448. The molecule has 0 spiro atoms. The standard InChI is InChI=1S/C10H11N3O2/c1-2-15-13-6-12-8-5-7(10(11)14)3-4-9(8)13/h3-6H,2H2,1H3,(H2,11,14). The molecule has 1 aromatic carbocycles. The molecule has 2 rings (SSSR count). The fraction of sp³-hybridized carbons (Fsp3) is 0.200. The Hall–Kier alpha value is -2.04. The lowest BCUT2D eigenvalue weighted by molar-refractivity contribution is 0.100. The van der Waals surface area contributed by atoms with Gasteiger partial charge in [-0.3, -0.25) is 4.79 Å². The normalized spacial score (nSPS) is 10.5. The van der Waals surface area contributed by atoms with Gasteiger partial charge in [0, 0.05) is 5.56 Å². The summed E-state index contributed by atoms with van der Waals surface area (Å²) in [7, 11) is 0. The number of benzene rings is 1. The summed E-state index contributed by atoms with van der Waals surface area (Å²) in [5.74, 6) is -0.456. The predicted molar refractivity (Wildman–Crippen MR) is 55.4 cm³/mol. The summed E-state index contributed by atoms with van der Waals surface area (Å²) in [6.07, 6.45) is 1.57. The summed E-state index contributed by atoms with van der Waals surface area (Å²) in [6, 6.07) is 5.06. The van der Waals surface area contributed by atoms with Crippen LogP contribution in [0.4, 0.5) is 0 Å². The minimum atomic E-state index is -0.456. The summed E-state index contributed by atoms with van der Waals surface area (Å²) in [5, 5.41) is 0. The maximum atomic E-state index is 10.9. The first-order chi connectivity index (χ1) is 7.22. The highest BCUT2D eigenvalue weighted by molar-refractivity contribution is 5.96. The molecule has 0 aliphatic heterocycles. The summed E-state index contributed by atoms with van der Waals surface area (Å²) >= 11 is 0. The van der Waals surface area contributed by atoms with Gasteiger partial charge in [0.15, 0.2) is 0 Å². The lowest BCUT2D eigenvalue weighted by Crippen LogP contribution is -2.11. The third kappa shape index (κ3) is 1.63. The number of nitrogens with zero attached hydrogens (tertiary/aromatic N) is 2. The van der Waals surface area contributed by atoms with Crippen LogP contribution < -0.4 is 10.6 Å². The topological polar surface area (TPSA) is 70.1 Å². The van der Waals surface area contributed by atoms with Crippen LogP contribution in [0.1, 0.15) is 17.3 Å². The number of hydrogen-bond donors (Lipinski definition) is 1. The Morgan fingerprint density at radius 2 is 2.40 bits per heavy atom. The first kappa shape index (κ1) is 9.51. The Labute approximate surface area is 86.4 Å². The lowest BCUT2D eigenvalue weighted by atomic mass is 10.2. The van der Waals surface area contributed by atoms with E-state index in [-0.39, 0.29) is 0 Å². The van der Waals surface area contributed by atoms with Gasteiger partial charge >= 0.3 is 0 Å². The molecule has 0 bridgehead atoms. The van der Waals surface area contributed by atoms with Gasteiger partial charge in [0.05, 0.1) is 5.52 Å². The summed E-state index contributed by atoms with van der Waals surface area (Å²) in [5.41, 5.74) is 7.13. The zero-order valence-corrected chi connectivity index (χ0v) is 8.30. The number of rotatable bonds is 3.